The molecule has 0 unspecified atom stereocenters. The fourth-order valence-electron chi connectivity index (χ4n) is 1.15. The van der Waals surface area contributed by atoms with Gasteiger partial charge in [0, 0.05) is 18.8 Å². The van der Waals surface area contributed by atoms with Crippen LogP contribution in [0.4, 0.5) is 0 Å². The predicted molar refractivity (Wildman–Crippen MR) is 60.5 cm³/mol. The molecule has 0 aliphatic carbocycles. The maximum atomic E-state index is 5.16. The van der Waals surface area contributed by atoms with Gasteiger partial charge in [0.1, 0.15) is 0 Å². The van der Waals surface area contributed by atoms with E-state index in [1.165, 1.54) is 0 Å². The second-order valence-corrected chi connectivity index (χ2v) is 2.80. The van der Waals surface area contributed by atoms with Gasteiger partial charge in [0.2, 0.25) is 0 Å². The summed E-state index contributed by atoms with van der Waals surface area (Å²) in [7, 11) is 0. The Hall–Kier alpha value is -1.81. The lowest BCUT2D eigenvalue weighted by Gasteiger charge is -1.99. The van der Waals surface area contributed by atoms with Gasteiger partial charge in [-0.2, -0.15) is 0 Å². The minimum atomic E-state index is 0.664. The summed E-state index contributed by atoms with van der Waals surface area (Å²) in [5, 5.41) is 0. The van der Waals surface area contributed by atoms with Crippen LogP contribution in [0.15, 0.2) is 42.8 Å². The molecule has 0 bridgehead atoms. The molecule has 1 heteroatoms. The molecule has 1 nitrogen and oxygen atoms in total. The molecule has 70 valence electrons. The van der Waals surface area contributed by atoms with Gasteiger partial charge in [0.05, 0.1) is 0 Å². The molecule has 1 aromatic heterocycles. The van der Waals surface area contributed by atoms with E-state index in [-0.39, 0.29) is 0 Å². The molecule has 0 spiro atoms. The molecule has 0 amide bonds. The third-order valence-corrected chi connectivity index (χ3v) is 1.84. The number of pyridine rings is 1. The van der Waals surface area contributed by atoms with Crippen LogP contribution in [0.25, 0.3) is 5.57 Å². The largest absolute Gasteiger partial charge is 0.264 e. The number of aromatic nitrogens is 1. The third-order valence-electron chi connectivity index (χ3n) is 1.84. The van der Waals surface area contributed by atoms with Gasteiger partial charge < -0.3 is 0 Å². The Kier molecular flexibility index (Phi) is 4.23. The third kappa shape index (κ3) is 2.91. The van der Waals surface area contributed by atoms with Crippen LogP contribution in [0.3, 0.4) is 0 Å². The quantitative estimate of drug-likeness (QED) is 0.518. The molecular weight excluding hydrogens is 170 g/mol. The molecule has 1 aromatic rings. The Morgan fingerprint density at radius 3 is 3.07 bits per heavy atom. The molecule has 0 aromatic carbocycles. The number of terminal acetylenes is 1. The van der Waals surface area contributed by atoms with Gasteiger partial charge in [-0.3, -0.25) is 4.98 Å². The molecule has 0 saturated carbocycles. The maximum Gasteiger partial charge on any atom is 0.0346 e. The Labute approximate surface area is 85.2 Å². The summed E-state index contributed by atoms with van der Waals surface area (Å²) in [6.45, 7) is 2.00. The summed E-state index contributed by atoms with van der Waals surface area (Å²) in [5.41, 5.74) is 2.26. The Morgan fingerprint density at radius 2 is 2.50 bits per heavy atom. The molecule has 0 fully saturated rings. The number of hydrogen-bond acceptors (Lipinski definition) is 1. The fourth-order valence-corrected chi connectivity index (χ4v) is 1.15. The van der Waals surface area contributed by atoms with Crippen LogP contribution in [0, 0.1) is 12.3 Å². The number of allylic oxidation sites excluding steroid dienone is 4. The lowest BCUT2D eigenvalue weighted by Crippen LogP contribution is -1.81. The molecule has 0 saturated heterocycles. The van der Waals surface area contributed by atoms with E-state index in [0.717, 1.165) is 11.1 Å². The zero-order valence-corrected chi connectivity index (χ0v) is 8.27. The number of rotatable bonds is 3. The Morgan fingerprint density at radius 1 is 1.64 bits per heavy atom. The molecule has 14 heavy (non-hydrogen) atoms. The van der Waals surface area contributed by atoms with Crippen LogP contribution in [-0.2, 0) is 0 Å². The highest BCUT2D eigenvalue weighted by atomic mass is 14.6. The standard InChI is InChI=1S/C13H13N/c1-3-5-6-8-12(4-2)13-9-7-10-14-11-13/h1,4,6-11H,5H2,2H3/b8-6-,12-4+. The highest BCUT2D eigenvalue weighted by molar-refractivity contribution is 5.73. The first-order valence-corrected chi connectivity index (χ1v) is 4.55. The zero-order valence-electron chi connectivity index (χ0n) is 8.27. The maximum absolute atomic E-state index is 5.16. The van der Waals surface area contributed by atoms with Crippen LogP contribution < -0.4 is 0 Å². The predicted octanol–water partition coefficient (Wildman–Crippen LogP) is 3.06. The second kappa shape index (κ2) is 5.77. The average molecular weight is 183 g/mol. The van der Waals surface area contributed by atoms with Gasteiger partial charge in [-0.05, 0) is 24.1 Å². The van der Waals surface area contributed by atoms with E-state index in [1.54, 1.807) is 6.20 Å². The normalized spacial score (nSPS) is 11.6. The fraction of sp³-hybridized carbons (Fsp3) is 0.154. The van der Waals surface area contributed by atoms with E-state index in [0.29, 0.717) is 6.42 Å². The van der Waals surface area contributed by atoms with Crippen molar-refractivity contribution < 1.29 is 0 Å². The van der Waals surface area contributed by atoms with Gasteiger partial charge in [-0.1, -0.05) is 24.3 Å². The van der Waals surface area contributed by atoms with Crippen LogP contribution in [-0.4, -0.2) is 4.98 Å². The highest BCUT2D eigenvalue weighted by Gasteiger charge is 1.94. The number of nitrogens with zero attached hydrogens (tertiary/aromatic N) is 1. The van der Waals surface area contributed by atoms with Crippen molar-refractivity contribution >= 4 is 5.57 Å². The average Bonchev–Trinajstić information content (AvgIpc) is 2.26. The first-order valence-electron chi connectivity index (χ1n) is 4.55. The first kappa shape index (κ1) is 10.3. The summed E-state index contributed by atoms with van der Waals surface area (Å²) >= 11 is 0. The molecular formula is C13H13N. The smallest absolute Gasteiger partial charge is 0.0346 e. The SMILES string of the molecule is C#CC/C=C\C(=C/C)c1cccnc1. The Balaban J connectivity index is 2.81. The molecule has 0 aliphatic heterocycles. The first-order chi connectivity index (χ1) is 6.88. The molecule has 0 N–H and O–H groups in total. The van der Waals surface area contributed by atoms with E-state index in [9.17, 15) is 0 Å². The van der Waals surface area contributed by atoms with Gasteiger partial charge in [-0.25, -0.2) is 0 Å². The van der Waals surface area contributed by atoms with E-state index in [2.05, 4.69) is 10.9 Å². The van der Waals surface area contributed by atoms with Crippen molar-refractivity contribution in [3.05, 3.63) is 48.3 Å². The van der Waals surface area contributed by atoms with Gasteiger partial charge in [-0.15, -0.1) is 12.3 Å². The highest BCUT2D eigenvalue weighted by Crippen LogP contribution is 2.13. The van der Waals surface area contributed by atoms with E-state index in [4.69, 9.17) is 6.42 Å². The van der Waals surface area contributed by atoms with Gasteiger partial charge in [0.25, 0.3) is 0 Å². The monoisotopic (exact) mass is 183 g/mol. The van der Waals surface area contributed by atoms with Gasteiger partial charge >= 0.3 is 0 Å². The van der Waals surface area contributed by atoms with Crippen LogP contribution in [0.2, 0.25) is 0 Å². The molecule has 0 aliphatic rings. The summed E-state index contributed by atoms with van der Waals surface area (Å²) < 4.78 is 0. The summed E-state index contributed by atoms with van der Waals surface area (Å²) in [6, 6.07) is 3.95. The van der Waals surface area contributed by atoms with Crippen LogP contribution in [0.1, 0.15) is 18.9 Å². The van der Waals surface area contributed by atoms with E-state index >= 15 is 0 Å². The van der Waals surface area contributed by atoms with Gasteiger partial charge in [0.15, 0.2) is 0 Å². The van der Waals surface area contributed by atoms with Crippen molar-refractivity contribution in [1.82, 2.24) is 4.98 Å². The minimum Gasteiger partial charge on any atom is -0.264 e. The molecule has 1 heterocycles. The lowest BCUT2D eigenvalue weighted by molar-refractivity contribution is 1.31. The lowest BCUT2D eigenvalue weighted by atomic mass is 10.1. The van der Waals surface area contributed by atoms with Crippen LogP contribution >= 0.6 is 0 Å². The Bertz CT molecular complexity index is 366. The molecule has 0 radical (unpaired) electrons. The molecule has 0 atom stereocenters. The topological polar surface area (TPSA) is 12.9 Å². The van der Waals surface area contributed by atoms with E-state index in [1.807, 2.05) is 43.5 Å². The van der Waals surface area contributed by atoms with Crippen molar-refractivity contribution in [2.45, 2.75) is 13.3 Å². The molecule has 1 rings (SSSR count). The number of hydrogen-bond donors (Lipinski definition) is 0. The van der Waals surface area contributed by atoms with Crippen molar-refractivity contribution in [1.29, 1.82) is 0 Å². The van der Waals surface area contributed by atoms with E-state index < -0.39 is 0 Å². The summed E-state index contributed by atoms with van der Waals surface area (Å²) in [5.74, 6) is 2.57. The van der Waals surface area contributed by atoms with Crippen molar-refractivity contribution in [2.75, 3.05) is 0 Å². The van der Waals surface area contributed by atoms with Crippen molar-refractivity contribution in [3.63, 3.8) is 0 Å². The summed E-state index contributed by atoms with van der Waals surface area (Å²) in [4.78, 5) is 4.07. The second-order valence-electron chi connectivity index (χ2n) is 2.80. The summed E-state index contributed by atoms with van der Waals surface area (Å²) in [6.07, 6.45) is 15.5. The van der Waals surface area contributed by atoms with Crippen LogP contribution in [0.5, 0.6) is 0 Å². The minimum absolute atomic E-state index is 0.664. The zero-order chi connectivity index (χ0) is 10.2. The van der Waals surface area contributed by atoms with Crippen molar-refractivity contribution in [2.24, 2.45) is 0 Å². The van der Waals surface area contributed by atoms with Crippen molar-refractivity contribution in [3.8, 4) is 12.3 Å².